The van der Waals surface area contributed by atoms with Gasteiger partial charge in [-0.15, -0.1) is 5.10 Å². The number of aromatic nitrogens is 3. The molecule has 2 aromatic heterocycles. The summed E-state index contributed by atoms with van der Waals surface area (Å²) in [6.07, 6.45) is -2.89. The number of anilines is 2. The first kappa shape index (κ1) is 18.7. The number of pyridine rings is 1. The number of nitrogens with one attached hydrogen (secondary N) is 1. The fraction of sp³-hybridized carbons (Fsp3) is 0.368. The Morgan fingerprint density at radius 1 is 1.14 bits per heavy atom. The van der Waals surface area contributed by atoms with Crippen LogP contribution in [0.3, 0.4) is 0 Å². The number of β-amino-alcohol motifs (C(OH)–C–C–N with tert-alkyl or cyclic N) is 1. The van der Waals surface area contributed by atoms with Gasteiger partial charge in [-0.2, -0.15) is 18.2 Å². The molecule has 3 heterocycles. The van der Waals surface area contributed by atoms with Crippen LogP contribution in [0.4, 0.5) is 24.8 Å². The van der Waals surface area contributed by atoms with Gasteiger partial charge in [-0.05, 0) is 55.8 Å². The summed E-state index contributed by atoms with van der Waals surface area (Å²) < 4.78 is 39.8. The number of benzene rings is 1. The molecule has 1 saturated heterocycles. The lowest BCUT2D eigenvalue weighted by Crippen LogP contribution is -2.38. The van der Waals surface area contributed by atoms with Gasteiger partial charge in [-0.25, -0.2) is 4.52 Å². The van der Waals surface area contributed by atoms with Crippen molar-refractivity contribution in [2.75, 3.05) is 18.4 Å². The van der Waals surface area contributed by atoms with Crippen molar-refractivity contribution in [2.24, 2.45) is 0 Å². The van der Waals surface area contributed by atoms with Crippen molar-refractivity contribution in [1.29, 1.82) is 0 Å². The zero-order valence-corrected chi connectivity index (χ0v) is 15.0. The molecule has 0 bridgehead atoms. The third kappa shape index (κ3) is 4.10. The number of likely N-dealkylation sites (tertiary alicyclic amines) is 1. The predicted molar refractivity (Wildman–Crippen MR) is 98.2 cm³/mol. The predicted octanol–water partition coefficient (Wildman–Crippen LogP) is 3.45. The van der Waals surface area contributed by atoms with Crippen molar-refractivity contribution in [3.05, 3.63) is 53.7 Å². The van der Waals surface area contributed by atoms with E-state index in [1.54, 1.807) is 4.52 Å². The molecular formula is C19H20F3N5O. The average Bonchev–Trinajstić information content (AvgIpc) is 3.05. The lowest BCUT2D eigenvalue weighted by atomic mass is 10.1. The lowest BCUT2D eigenvalue weighted by Gasteiger charge is -2.29. The van der Waals surface area contributed by atoms with Gasteiger partial charge in [0.2, 0.25) is 5.95 Å². The van der Waals surface area contributed by atoms with E-state index in [2.05, 4.69) is 20.3 Å². The lowest BCUT2D eigenvalue weighted by molar-refractivity contribution is -0.137. The molecule has 0 amide bonds. The van der Waals surface area contributed by atoms with E-state index in [1.165, 1.54) is 12.1 Å². The number of aliphatic hydroxyl groups excluding tert-OH is 1. The van der Waals surface area contributed by atoms with Crippen LogP contribution in [0.15, 0.2) is 42.5 Å². The highest BCUT2D eigenvalue weighted by molar-refractivity contribution is 5.56. The van der Waals surface area contributed by atoms with Gasteiger partial charge in [0.05, 0.1) is 17.4 Å². The number of piperidine rings is 1. The van der Waals surface area contributed by atoms with Gasteiger partial charge in [0.15, 0.2) is 5.65 Å². The minimum absolute atomic E-state index is 0.305. The van der Waals surface area contributed by atoms with Crippen LogP contribution in [0, 0.1) is 0 Å². The Labute approximate surface area is 159 Å². The minimum atomic E-state index is -4.36. The topological polar surface area (TPSA) is 65.7 Å². The van der Waals surface area contributed by atoms with Crippen LogP contribution in [0.25, 0.3) is 5.65 Å². The summed E-state index contributed by atoms with van der Waals surface area (Å²) in [5, 5.41) is 17.2. The van der Waals surface area contributed by atoms with Crippen LogP contribution in [-0.2, 0) is 12.7 Å². The third-order valence-electron chi connectivity index (χ3n) is 4.77. The van der Waals surface area contributed by atoms with E-state index in [0.29, 0.717) is 30.4 Å². The van der Waals surface area contributed by atoms with Crippen LogP contribution >= 0.6 is 0 Å². The Morgan fingerprint density at radius 3 is 2.64 bits per heavy atom. The normalized spacial score (nSPS) is 18.5. The Hall–Kier alpha value is -2.65. The highest BCUT2D eigenvalue weighted by atomic mass is 19.4. The number of hydrogen-bond acceptors (Lipinski definition) is 5. The van der Waals surface area contributed by atoms with Crippen molar-refractivity contribution in [3.8, 4) is 0 Å². The summed E-state index contributed by atoms with van der Waals surface area (Å²) in [6, 6.07) is 10.4. The summed E-state index contributed by atoms with van der Waals surface area (Å²) in [7, 11) is 0. The van der Waals surface area contributed by atoms with E-state index in [1.807, 2.05) is 18.2 Å². The Balaban J connectivity index is 1.53. The number of nitrogens with zero attached hydrogens (tertiary/aromatic N) is 4. The summed E-state index contributed by atoms with van der Waals surface area (Å²) in [6.45, 7) is 2.18. The highest BCUT2D eigenvalue weighted by Gasteiger charge is 2.30. The maximum absolute atomic E-state index is 12.7. The Bertz CT molecular complexity index is 954. The number of fused-ring (bicyclic) bond motifs is 1. The van der Waals surface area contributed by atoms with Crippen molar-refractivity contribution in [3.63, 3.8) is 0 Å². The largest absolute Gasteiger partial charge is 0.416 e. The van der Waals surface area contributed by atoms with Gasteiger partial charge in [-0.3, -0.25) is 4.90 Å². The molecule has 9 heteroatoms. The van der Waals surface area contributed by atoms with Crippen molar-refractivity contribution in [1.82, 2.24) is 19.5 Å². The number of alkyl halides is 3. The molecule has 6 nitrogen and oxygen atoms in total. The van der Waals surface area contributed by atoms with Gasteiger partial charge < -0.3 is 10.4 Å². The fourth-order valence-corrected chi connectivity index (χ4v) is 3.41. The highest BCUT2D eigenvalue weighted by Crippen LogP contribution is 2.30. The Morgan fingerprint density at radius 2 is 1.93 bits per heavy atom. The first-order valence-electron chi connectivity index (χ1n) is 9.08. The Kier molecular flexibility index (Phi) is 4.94. The smallest absolute Gasteiger partial charge is 0.392 e. The molecule has 0 aliphatic carbocycles. The van der Waals surface area contributed by atoms with Crippen molar-refractivity contribution >= 4 is 17.3 Å². The second-order valence-corrected chi connectivity index (χ2v) is 6.95. The summed E-state index contributed by atoms with van der Waals surface area (Å²) in [5.74, 6) is 0.311. The van der Waals surface area contributed by atoms with Gasteiger partial charge in [0.25, 0.3) is 0 Å². The number of halogens is 3. The second kappa shape index (κ2) is 7.40. The fourth-order valence-electron chi connectivity index (χ4n) is 3.41. The van der Waals surface area contributed by atoms with Gasteiger partial charge in [0, 0.05) is 18.8 Å². The van der Waals surface area contributed by atoms with Crippen molar-refractivity contribution in [2.45, 2.75) is 31.7 Å². The standard InChI is InChI=1S/C19H20F3N5O/c20-19(21,22)13-6-8-14(9-7-13)23-18-24-17-5-1-3-15(27(17)25-18)11-26-10-2-4-16(28)12-26/h1,3,5-9,16,28H,2,4,10-12H2,(H,23,25)/t16-/m0/s1. The SMILES string of the molecule is O[C@H]1CCCN(Cc2cccc3nc(Nc4ccc(C(F)(F)F)cc4)nn23)C1. The van der Waals surface area contributed by atoms with Crippen LogP contribution in [0.1, 0.15) is 24.1 Å². The van der Waals surface area contributed by atoms with E-state index in [0.717, 1.165) is 37.2 Å². The van der Waals surface area contributed by atoms with Gasteiger partial charge >= 0.3 is 6.18 Å². The number of hydrogen-bond donors (Lipinski definition) is 2. The monoisotopic (exact) mass is 391 g/mol. The molecule has 2 N–H and O–H groups in total. The molecule has 0 radical (unpaired) electrons. The zero-order chi connectivity index (χ0) is 19.7. The maximum atomic E-state index is 12.7. The maximum Gasteiger partial charge on any atom is 0.416 e. The molecule has 0 saturated carbocycles. The number of aliphatic hydroxyl groups is 1. The summed E-state index contributed by atoms with van der Waals surface area (Å²) in [4.78, 5) is 6.57. The first-order chi connectivity index (χ1) is 13.4. The van der Waals surface area contributed by atoms with Gasteiger partial charge in [0.1, 0.15) is 0 Å². The summed E-state index contributed by atoms with van der Waals surface area (Å²) >= 11 is 0. The van der Waals surface area contributed by atoms with E-state index in [9.17, 15) is 18.3 Å². The van der Waals surface area contributed by atoms with Crippen molar-refractivity contribution < 1.29 is 18.3 Å². The molecule has 1 atom stereocenters. The average molecular weight is 391 g/mol. The molecule has 0 unspecified atom stereocenters. The molecule has 148 valence electrons. The molecule has 3 aromatic rings. The molecule has 28 heavy (non-hydrogen) atoms. The second-order valence-electron chi connectivity index (χ2n) is 6.95. The van der Waals surface area contributed by atoms with Crippen LogP contribution in [0.2, 0.25) is 0 Å². The van der Waals surface area contributed by atoms with E-state index in [4.69, 9.17) is 0 Å². The molecular weight excluding hydrogens is 371 g/mol. The first-order valence-corrected chi connectivity index (χ1v) is 9.08. The minimum Gasteiger partial charge on any atom is -0.392 e. The molecule has 1 aliphatic rings. The summed E-state index contributed by atoms with van der Waals surface area (Å²) in [5.41, 5.74) is 1.35. The van der Waals surface area contributed by atoms with E-state index < -0.39 is 11.7 Å². The molecule has 1 aromatic carbocycles. The number of rotatable bonds is 4. The van der Waals surface area contributed by atoms with E-state index in [-0.39, 0.29) is 6.10 Å². The van der Waals surface area contributed by atoms with Crippen LogP contribution in [0.5, 0.6) is 0 Å². The van der Waals surface area contributed by atoms with Gasteiger partial charge in [-0.1, -0.05) is 6.07 Å². The van der Waals surface area contributed by atoms with E-state index >= 15 is 0 Å². The van der Waals surface area contributed by atoms with Crippen LogP contribution in [-0.4, -0.2) is 43.8 Å². The third-order valence-corrected chi connectivity index (χ3v) is 4.77. The molecule has 0 spiro atoms. The molecule has 1 fully saturated rings. The zero-order valence-electron chi connectivity index (χ0n) is 15.0. The molecule has 1 aliphatic heterocycles. The quantitative estimate of drug-likeness (QED) is 0.713. The molecule has 4 rings (SSSR count). The van der Waals surface area contributed by atoms with Crippen LogP contribution < -0.4 is 5.32 Å².